The van der Waals surface area contributed by atoms with Gasteiger partial charge in [-0.25, -0.2) is 0 Å². The Balaban J connectivity index is 2.89. The van der Waals surface area contributed by atoms with Gasteiger partial charge in [0.2, 0.25) is 0 Å². The van der Waals surface area contributed by atoms with Gasteiger partial charge in [0.05, 0.1) is 0 Å². The number of rotatable bonds is 1. The van der Waals surface area contributed by atoms with Crippen LogP contribution in [-0.4, -0.2) is 0 Å². The van der Waals surface area contributed by atoms with Gasteiger partial charge in [0.25, 0.3) is 0 Å². The number of hydrogen-bond acceptors (Lipinski definition) is 0. The maximum atomic E-state index is 5.62. The minimum atomic E-state index is -0.406. The Morgan fingerprint density at radius 3 is 2.00 bits per heavy atom. The van der Waals surface area contributed by atoms with Gasteiger partial charge in [0.15, 0.2) is 0 Å². The maximum absolute atomic E-state index is 5.62. The zero-order chi connectivity index (χ0) is 7.56. The summed E-state index contributed by atoms with van der Waals surface area (Å²) in [5, 5.41) is 0. The number of alkyl halides is 2. The van der Waals surface area contributed by atoms with E-state index in [4.69, 9.17) is 23.2 Å². The summed E-state index contributed by atoms with van der Waals surface area (Å²) in [6.45, 7) is 0. The van der Waals surface area contributed by atoms with Crippen molar-refractivity contribution >= 4 is 45.8 Å². The molecule has 1 aromatic carbocycles. The van der Waals surface area contributed by atoms with Crippen LogP contribution in [0.4, 0.5) is 0 Å². The Morgan fingerprint density at radius 1 is 1.10 bits per heavy atom. The molecule has 0 nitrogen and oxygen atoms in total. The van der Waals surface area contributed by atoms with Gasteiger partial charge in [0, 0.05) is 3.57 Å². The highest BCUT2D eigenvalue weighted by Crippen LogP contribution is 2.24. The normalized spacial score (nSPS) is 10.4. The van der Waals surface area contributed by atoms with E-state index in [1.807, 2.05) is 24.3 Å². The Bertz CT molecular complexity index is 205. The summed E-state index contributed by atoms with van der Waals surface area (Å²) < 4.78 is 1.19. The van der Waals surface area contributed by atoms with E-state index in [-0.39, 0.29) is 0 Å². The van der Waals surface area contributed by atoms with Crippen molar-refractivity contribution in [1.82, 2.24) is 0 Å². The van der Waals surface area contributed by atoms with Crippen molar-refractivity contribution in [3.8, 4) is 0 Å². The fourth-order valence-electron chi connectivity index (χ4n) is 0.608. The highest BCUT2D eigenvalue weighted by atomic mass is 127. The molecule has 0 saturated heterocycles. The van der Waals surface area contributed by atoms with E-state index < -0.39 is 4.84 Å². The average molecular weight is 287 g/mol. The molecule has 54 valence electrons. The van der Waals surface area contributed by atoms with Crippen molar-refractivity contribution < 1.29 is 0 Å². The number of benzene rings is 1. The van der Waals surface area contributed by atoms with Gasteiger partial charge in [-0.05, 0) is 40.3 Å². The quantitative estimate of drug-likeness (QED) is 0.545. The van der Waals surface area contributed by atoms with Crippen molar-refractivity contribution in [2.75, 3.05) is 0 Å². The number of halogens is 3. The third kappa shape index (κ3) is 2.29. The first-order valence-electron chi connectivity index (χ1n) is 2.74. The predicted octanol–water partition coefficient (Wildman–Crippen LogP) is 3.77. The molecular weight excluding hydrogens is 282 g/mol. The van der Waals surface area contributed by atoms with Gasteiger partial charge in [0.1, 0.15) is 4.84 Å². The van der Waals surface area contributed by atoms with E-state index in [0.717, 1.165) is 5.56 Å². The molecule has 0 radical (unpaired) electrons. The minimum Gasteiger partial charge on any atom is -0.100 e. The van der Waals surface area contributed by atoms with Crippen molar-refractivity contribution in [2.24, 2.45) is 0 Å². The van der Waals surface area contributed by atoms with Crippen LogP contribution in [0.3, 0.4) is 0 Å². The van der Waals surface area contributed by atoms with Crippen LogP contribution in [0.15, 0.2) is 24.3 Å². The molecule has 0 saturated carbocycles. The SMILES string of the molecule is ClC(Cl)c1ccc(I)cc1. The molecule has 10 heavy (non-hydrogen) atoms. The van der Waals surface area contributed by atoms with Gasteiger partial charge in [-0.2, -0.15) is 0 Å². The molecular formula is C7H5Cl2I. The highest BCUT2D eigenvalue weighted by Gasteiger charge is 2.00. The Kier molecular flexibility index (Phi) is 3.27. The first kappa shape index (κ1) is 8.62. The molecule has 0 aliphatic heterocycles. The van der Waals surface area contributed by atoms with Crippen LogP contribution in [0.25, 0.3) is 0 Å². The summed E-state index contributed by atoms with van der Waals surface area (Å²) in [5.74, 6) is 0. The van der Waals surface area contributed by atoms with Crippen LogP contribution < -0.4 is 0 Å². The molecule has 0 atom stereocenters. The lowest BCUT2D eigenvalue weighted by Gasteiger charge is -1.99. The molecule has 1 aromatic rings. The predicted molar refractivity (Wildman–Crippen MR) is 53.6 cm³/mol. The third-order valence-electron chi connectivity index (χ3n) is 1.12. The fraction of sp³-hybridized carbons (Fsp3) is 0.143. The smallest absolute Gasteiger partial charge is 0.100 e. The van der Waals surface area contributed by atoms with E-state index in [9.17, 15) is 0 Å². The minimum absolute atomic E-state index is 0.406. The second-order valence-corrected chi connectivity index (χ2v) is 4.19. The van der Waals surface area contributed by atoms with Crippen LogP contribution in [-0.2, 0) is 0 Å². The molecule has 3 heteroatoms. The van der Waals surface area contributed by atoms with E-state index in [0.29, 0.717) is 0 Å². The monoisotopic (exact) mass is 286 g/mol. The van der Waals surface area contributed by atoms with Crippen LogP contribution in [0.2, 0.25) is 0 Å². The maximum Gasteiger partial charge on any atom is 0.132 e. The first-order valence-corrected chi connectivity index (χ1v) is 4.69. The molecule has 0 heterocycles. The van der Waals surface area contributed by atoms with Crippen molar-refractivity contribution in [3.05, 3.63) is 33.4 Å². The van der Waals surface area contributed by atoms with Gasteiger partial charge >= 0.3 is 0 Å². The summed E-state index contributed by atoms with van der Waals surface area (Å²) in [6, 6.07) is 7.81. The molecule has 0 spiro atoms. The molecule has 0 aliphatic carbocycles. The van der Waals surface area contributed by atoms with Crippen molar-refractivity contribution in [3.63, 3.8) is 0 Å². The molecule has 0 aliphatic rings. The van der Waals surface area contributed by atoms with Crippen LogP contribution in [0.1, 0.15) is 10.4 Å². The lowest BCUT2D eigenvalue weighted by molar-refractivity contribution is 1.34. The van der Waals surface area contributed by atoms with Crippen LogP contribution >= 0.6 is 45.8 Å². The van der Waals surface area contributed by atoms with Crippen molar-refractivity contribution in [2.45, 2.75) is 4.84 Å². The summed E-state index contributed by atoms with van der Waals surface area (Å²) in [6.07, 6.45) is 0. The first-order chi connectivity index (χ1) is 4.70. The Hall–Kier alpha value is 0.530. The second kappa shape index (κ2) is 3.79. The number of hydrogen-bond donors (Lipinski definition) is 0. The van der Waals surface area contributed by atoms with Gasteiger partial charge < -0.3 is 0 Å². The average Bonchev–Trinajstić information content (AvgIpc) is 1.88. The van der Waals surface area contributed by atoms with E-state index in [2.05, 4.69) is 22.6 Å². The Morgan fingerprint density at radius 2 is 1.60 bits per heavy atom. The largest absolute Gasteiger partial charge is 0.132 e. The summed E-state index contributed by atoms with van der Waals surface area (Å²) >= 11 is 13.5. The fourth-order valence-corrected chi connectivity index (χ4v) is 1.26. The molecule has 0 fully saturated rings. The van der Waals surface area contributed by atoms with Gasteiger partial charge in [-0.3, -0.25) is 0 Å². The van der Waals surface area contributed by atoms with Gasteiger partial charge in [-0.15, -0.1) is 23.2 Å². The van der Waals surface area contributed by atoms with Crippen LogP contribution in [0.5, 0.6) is 0 Å². The highest BCUT2D eigenvalue weighted by molar-refractivity contribution is 14.1. The summed E-state index contributed by atoms with van der Waals surface area (Å²) in [5.41, 5.74) is 0.948. The molecule has 0 N–H and O–H groups in total. The standard InChI is InChI=1S/C7H5Cl2I/c8-7(9)5-1-3-6(10)4-2-5/h1-4,7H. The Labute approximate surface area is 83.7 Å². The lowest BCUT2D eigenvalue weighted by Crippen LogP contribution is -1.79. The van der Waals surface area contributed by atoms with Crippen LogP contribution in [0, 0.1) is 3.57 Å². The van der Waals surface area contributed by atoms with E-state index in [1.54, 1.807) is 0 Å². The molecule has 0 bridgehead atoms. The third-order valence-corrected chi connectivity index (χ3v) is 2.35. The summed E-state index contributed by atoms with van der Waals surface area (Å²) in [4.78, 5) is -0.406. The van der Waals surface area contributed by atoms with E-state index in [1.165, 1.54) is 3.57 Å². The molecule has 0 amide bonds. The molecule has 0 unspecified atom stereocenters. The van der Waals surface area contributed by atoms with E-state index >= 15 is 0 Å². The molecule has 1 rings (SSSR count). The summed E-state index contributed by atoms with van der Waals surface area (Å²) in [7, 11) is 0. The van der Waals surface area contributed by atoms with Gasteiger partial charge in [-0.1, -0.05) is 12.1 Å². The zero-order valence-electron chi connectivity index (χ0n) is 5.02. The van der Waals surface area contributed by atoms with Crippen molar-refractivity contribution in [1.29, 1.82) is 0 Å². The topological polar surface area (TPSA) is 0 Å². The second-order valence-electron chi connectivity index (χ2n) is 1.85. The zero-order valence-corrected chi connectivity index (χ0v) is 8.69. The lowest BCUT2D eigenvalue weighted by atomic mass is 10.2. The molecule has 0 aromatic heterocycles.